The van der Waals surface area contributed by atoms with Gasteiger partial charge in [-0.1, -0.05) is 34.5 Å². The molecule has 0 amide bonds. The van der Waals surface area contributed by atoms with E-state index in [1.807, 2.05) is 13.8 Å². The van der Waals surface area contributed by atoms with Gasteiger partial charge in [-0.3, -0.25) is 0 Å². The first-order valence-corrected chi connectivity index (χ1v) is 8.91. The summed E-state index contributed by atoms with van der Waals surface area (Å²) in [5.41, 5.74) is 0. The van der Waals surface area contributed by atoms with Gasteiger partial charge in [-0.2, -0.15) is 4.31 Å². The average Bonchev–Trinajstić information content (AvgIpc) is 2.38. The van der Waals surface area contributed by atoms with Crippen molar-refractivity contribution in [1.82, 2.24) is 4.31 Å². The Morgan fingerprint density at radius 3 is 2.60 bits per heavy atom. The predicted octanol–water partition coefficient (Wildman–Crippen LogP) is 3.54. The molecule has 0 bridgehead atoms. The van der Waals surface area contributed by atoms with E-state index in [2.05, 4.69) is 15.9 Å². The van der Waals surface area contributed by atoms with Gasteiger partial charge in [-0.05, 0) is 31.5 Å². The summed E-state index contributed by atoms with van der Waals surface area (Å²) in [6, 6.07) is 4.66. The molecule has 20 heavy (non-hydrogen) atoms. The Labute approximate surface area is 134 Å². The highest BCUT2D eigenvalue weighted by Crippen LogP contribution is 2.29. The third kappa shape index (κ3) is 4.18. The van der Waals surface area contributed by atoms with Gasteiger partial charge in [0.05, 0.1) is 11.6 Å². The fraction of sp³-hybridized carbons (Fsp3) is 0.538. The first-order chi connectivity index (χ1) is 9.34. The largest absolute Gasteiger partial charge is 0.383 e. The Morgan fingerprint density at radius 1 is 1.45 bits per heavy atom. The summed E-state index contributed by atoms with van der Waals surface area (Å²) < 4.78 is 32.7. The predicted molar refractivity (Wildman–Crippen MR) is 84.7 cm³/mol. The van der Waals surface area contributed by atoms with Crippen LogP contribution in [0.1, 0.15) is 20.3 Å². The molecule has 1 rings (SSSR count). The number of nitrogens with zero attached hydrogens (tertiary/aromatic N) is 1. The van der Waals surface area contributed by atoms with Crippen molar-refractivity contribution in [2.24, 2.45) is 0 Å². The fourth-order valence-corrected chi connectivity index (χ4v) is 4.47. The number of benzene rings is 1. The molecule has 0 saturated carbocycles. The van der Waals surface area contributed by atoms with E-state index in [0.29, 0.717) is 13.2 Å². The summed E-state index contributed by atoms with van der Waals surface area (Å²) in [6.07, 6.45) is 0.719. The van der Waals surface area contributed by atoms with Crippen molar-refractivity contribution in [3.8, 4) is 0 Å². The third-order valence-corrected chi connectivity index (χ3v) is 6.07. The topological polar surface area (TPSA) is 46.6 Å². The van der Waals surface area contributed by atoms with E-state index in [4.69, 9.17) is 16.3 Å². The van der Waals surface area contributed by atoms with Gasteiger partial charge in [0.2, 0.25) is 10.0 Å². The quantitative estimate of drug-likeness (QED) is 0.722. The lowest BCUT2D eigenvalue weighted by Crippen LogP contribution is -2.40. The van der Waals surface area contributed by atoms with E-state index in [1.165, 1.54) is 10.4 Å². The van der Waals surface area contributed by atoms with Crippen LogP contribution >= 0.6 is 27.5 Å². The van der Waals surface area contributed by atoms with E-state index < -0.39 is 10.0 Å². The first kappa shape index (κ1) is 17.9. The van der Waals surface area contributed by atoms with Crippen LogP contribution in [0, 0.1) is 0 Å². The monoisotopic (exact) mass is 383 g/mol. The molecule has 0 aliphatic carbocycles. The van der Waals surface area contributed by atoms with Gasteiger partial charge < -0.3 is 4.74 Å². The van der Waals surface area contributed by atoms with Gasteiger partial charge in [-0.25, -0.2) is 8.42 Å². The maximum Gasteiger partial charge on any atom is 0.244 e. The molecule has 7 heteroatoms. The normalized spacial score (nSPS) is 13.7. The molecule has 0 aliphatic rings. The molecule has 1 aromatic rings. The molecule has 1 unspecified atom stereocenters. The Hall–Kier alpha value is -0.140. The van der Waals surface area contributed by atoms with Gasteiger partial charge in [-0.15, -0.1) is 0 Å². The van der Waals surface area contributed by atoms with E-state index >= 15 is 0 Å². The van der Waals surface area contributed by atoms with Gasteiger partial charge in [0.1, 0.15) is 4.90 Å². The number of sulfonamides is 1. The molecule has 114 valence electrons. The zero-order valence-corrected chi connectivity index (χ0v) is 14.9. The van der Waals surface area contributed by atoms with Crippen LogP contribution < -0.4 is 0 Å². The number of hydrogen-bond donors (Lipinski definition) is 0. The molecule has 0 heterocycles. The number of methoxy groups -OCH3 is 1. The smallest absolute Gasteiger partial charge is 0.244 e. The minimum atomic E-state index is -3.63. The van der Waals surface area contributed by atoms with E-state index in [1.54, 1.807) is 19.2 Å². The molecule has 0 aromatic heterocycles. The maximum atomic E-state index is 12.7. The third-order valence-electron chi connectivity index (χ3n) is 3.08. The van der Waals surface area contributed by atoms with Crippen molar-refractivity contribution in [2.45, 2.75) is 31.2 Å². The van der Waals surface area contributed by atoms with Crippen molar-refractivity contribution < 1.29 is 13.2 Å². The van der Waals surface area contributed by atoms with Crippen LogP contribution in [0.5, 0.6) is 0 Å². The number of hydrogen-bond acceptors (Lipinski definition) is 3. The van der Waals surface area contributed by atoms with Crippen LogP contribution in [-0.4, -0.2) is 39.0 Å². The summed E-state index contributed by atoms with van der Waals surface area (Å²) in [5, 5.41) is 0.213. The van der Waals surface area contributed by atoms with E-state index in [0.717, 1.165) is 10.9 Å². The minimum absolute atomic E-state index is 0.116. The summed E-state index contributed by atoms with van der Waals surface area (Å²) >= 11 is 9.34. The van der Waals surface area contributed by atoms with Gasteiger partial charge in [0.15, 0.2) is 0 Å². The molecule has 0 radical (unpaired) electrons. The molecule has 0 aliphatic heterocycles. The second-order valence-corrected chi connectivity index (χ2v) is 7.62. The van der Waals surface area contributed by atoms with Crippen LogP contribution in [-0.2, 0) is 14.8 Å². The molecule has 1 aromatic carbocycles. The van der Waals surface area contributed by atoms with E-state index in [-0.39, 0.29) is 16.0 Å². The van der Waals surface area contributed by atoms with E-state index in [9.17, 15) is 8.42 Å². The lowest BCUT2D eigenvalue weighted by molar-refractivity contribution is 0.167. The molecular weight excluding hydrogens is 366 g/mol. The van der Waals surface area contributed by atoms with Crippen LogP contribution in [0.4, 0.5) is 0 Å². The summed E-state index contributed by atoms with van der Waals surface area (Å²) in [4.78, 5) is 0.124. The molecule has 0 saturated heterocycles. The molecular formula is C13H19BrClNO3S. The molecule has 1 atom stereocenters. The summed E-state index contributed by atoms with van der Waals surface area (Å²) in [6.45, 7) is 4.47. The fourth-order valence-electron chi connectivity index (χ4n) is 1.77. The summed E-state index contributed by atoms with van der Waals surface area (Å²) in [5.74, 6) is 0. The molecule has 0 N–H and O–H groups in total. The molecule has 0 spiro atoms. The van der Waals surface area contributed by atoms with Crippen LogP contribution in [0.15, 0.2) is 27.6 Å². The number of ether oxygens (including phenoxy) is 1. The second-order valence-electron chi connectivity index (χ2n) is 4.44. The van der Waals surface area contributed by atoms with Crippen molar-refractivity contribution in [3.63, 3.8) is 0 Å². The number of rotatable bonds is 7. The zero-order valence-electron chi connectivity index (χ0n) is 11.8. The van der Waals surface area contributed by atoms with Crippen LogP contribution in [0.3, 0.4) is 0 Å². The lowest BCUT2D eigenvalue weighted by Gasteiger charge is -2.27. The molecule has 0 fully saturated rings. The zero-order chi connectivity index (χ0) is 15.3. The van der Waals surface area contributed by atoms with Crippen LogP contribution in [0.25, 0.3) is 0 Å². The Bertz CT molecular complexity index is 551. The summed E-state index contributed by atoms with van der Waals surface area (Å²) in [7, 11) is -2.08. The Kier molecular flexibility index (Phi) is 6.94. The Morgan fingerprint density at radius 2 is 2.10 bits per heavy atom. The van der Waals surface area contributed by atoms with Crippen molar-refractivity contribution >= 4 is 37.6 Å². The highest BCUT2D eigenvalue weighted by molar-refractivity contribution is 9.10. The second kappa shape index (κ2) is 7.75. The van der Waals surface area contributed by atoms with Crippen LogP contribution in [0.2, 0.25) is 5.02 Å². The average molecular weight is 385 g/mol. The van der Waals surface area contributed by atoms with Gasteiger partial charge in [0.25, 0.3) is 0 Å². The molecule has 4 nitrogen and oxygen atoms in total. The first-order valence-electron chi connectivity index (χ1n) is 6.30. The number of halogens is 2. The van der Waals surface area contributed by atoms with Crippen molar-refractivity contribution in [2.75, 3.05) is 20.3 Å². The standard InChI is InChI=1S/C13H19BrClNO3S/c1-4-10(2)16(7-8-19-3)20(17,18)13-6-5-11(14)9-12(13)15/h5-6,9-10H,4,7-8H2,1-3H3. The minimum Gasteiger partial charge on any atom is -0.383 e. The lowest BCUT2D eigenvalue weighted by atomic mass is 10.3. The highest BCUT2D eigenvalue weighted by atomic mass is 79.9. The van der Waals surface area contributed by atoms with Crippen molar-refractivity contribution in [1.29, 1.82) is 0 Å². The SMILES string of the molecule is CCC(C)N(CCOC)S(=O)(=O)c1ccc(Br)cc1Cl. The van der Waals surface area contributed by atoms with Crippen molar-refractivity contribution in [3.05, 3.63) is 27.7 Å². The van der Waals surface area contributed by atoms with Gasteiger partial charge in [0, 0.05) is 24.2 Å². The Balaban J connectivity index is 3.21. The highest BCUT2D eigenvalue weighted by Gasteiger charge is 2.29. The maximum absolute atomic E-state index is 12.7. The van der Waals surface area contributed by atoms with Gasteiger partial charge >= 0.3 is 0 Å².